The van der Waals surface area contributed by atoms with E-state index in [2.05, 4.69) is 9.97 Å². The first-order valence-corrected chi connectivity index (χ1v) is 10.8. The van der Waals surface area contributed by atoms with Crippen LogP contribution in [-0.2, 0) is 12.8 Å². The molecule has 5 rings (SSSR count). The third-order valence-corrected chi connectivity index (χ3v) is 6.05. The number of hydrogen-bond donors (Lipinski definition) is 2. The van der Waals surface area contributed by atoms with Gasteiger partial charge in [0.1, 0.15) is 12.4 Å². The fourth-order valence-corrected chi connectivity index (χ4v) is 4.36. The van der Waals surface area contributed by atoms with Crippen LogP contribution in [0.15, 0.2) is 37.1 Å². The van der Waals surface area contributed by atoms with Crippen molar-refractivity contribution in [2.24, 2.45) is 0 Å². The van der Waals surface area contributed by atoms with Crippen LogP contribution < -0.4 is 9.57 Å². The monoisotopic (exact) mass is 439 g/mol. The van der Waals surface area contributed by atoms with Gasteiger partial charge in [-0.2, -0.15) is 4.73 Å². The van der Waals surface area contributed by atoms with Gasteiger partial charge >= 0.3 is 6.09 Å². The highest BCUT2D eigenvalue weighted by Gasteiger charge is 2.27. The number of rotatable bonds is 4. The summed E-state index contributed by atoms with van der Waals surface area (Å²) in [7, 11) is 0. The molecule has 1 fully saturated rings. The number of fused-ring (bicyclic) bond motifs is 1. The Morgan fingerprint density at radius 2 is 1.78 bits per heavy atom. The van der Waals surface area contributed by atoms with E-state index in [1.807, 2.05) is 0 Å². The molecule has 168 valence electrons. The van der Waals surface area contributed by atoms with Gasteiger partial charge in [-0.05, 0) is 31.7 Å². The van der Waals surface area contributed by atoms with Gasteiger partial charge in [0.05, 0.1) is 18.1 Å². The molecule has 1 aliphatic heterocycles. The fraction of sp³-hybridized carbons (Fsp3) is 0.409. The van der Waals surface area contributed by atoms with Gasteiger partial charge in [0.2, 0.25) is 17.6 Å². The van der Waals surface area contributed by atoms with Crippen LogP contribution in [0.2, 0.25) is 0 Å². The van der Waals surface area contributed by atoms with E-state index in [0.29, 0.717) is 31.6 Å². The molecular weight excluding hydrogens is 414 g/mol. The summed E-state index contributed by atoms with van der Waals surface area (Å²) in [4.78, 5) is 28.0. The molecule has 0 spiro atoms. The smallest absolute Gasteiger partial charge is 0.416 e. The Bertz CT molecular complexity index is 1060. The lowest BCUT2D eigenvalue weighted by atomic mass is 9.95. The summed E-state index contributed by atoms with van der Waals surface area (Å²) in [5.74, 6) is 0.250. The highest BCUT2D eigenvalue weighted by atomic mass is 16.7. The van der Waals surface area contributed by atoms with Gasteiger partial charge in [-0.3, -0.25) is 0 Å². The summed E-state index contributed by atoms with van der Waals surface area (Å²) in [6.07, 6.45) is 10.9. The average molecular weight is 439 g/mol. The fourth-order valence-electron chi connectivity index (χ4n) is 4.36. The predicted octanol–water partition coefficient (Wildman–Crippen LogP) is 2.45. The van der Waals surface area contributed by atoms with Crippen LogP contribution in [0.1, 0.15) is 36.8 Å². The maximum Gasteiger partial charge on any atom is 0.416 e. The molecule has 1 amide bonds. The van der Waals surface area contributed by atoms with Crippen molar-refractivity contribution >= 4 is 6.09 Å². The minimum Gasteiger partial charge on any atom is -0.494 e. The third-order valence-electron chi connectivity index (χ3n) is 6.05. The number of aromatic nitrogens is 4. The minimum atomic E-state index is -0.464. The van der Waals surface area contributed by atoms with Crippen molar-refractivity contribution in [3.8, 4) is 23.3 Å². The number of hydrogen-bond acceptors (Lipinski definition) is 7. The summed E-state index contributed by atoms with van der Waals surface area (Å²) < 4.78 is 8.37. The van der Waals surface area contributed by atoms with E-state index in [1.54, 1.807) is 40.5 Å². The van der Waals surface area contributed by atoms with E-state index in [4.69, 9.17) is 9.57 Å². The Hall–Kier alpha value is -3.69. The van der Waals surface area contributed by atoms with Gasteiger partial charge in [-0.25, -0.2) is 19.3 Å². The van der Waals surface area contributed by atoms with Crippen molar-refractivity contribution in [2.75, 3.05) is 13.1 Å². The Morgan fingerprint density at radius 3 is 2.38 bits per heavy atom. The molecule has 0 unspecified atom stereocenters. The molecule has 3 aromatic heterocycles. The van der Waals surface area contributed by atoms with E-state index < -0.39 is 6.09 Å². The largest absolute Gasteiger partial charge is 0.494 e. The van der Waals surface area contributed by atoms with E-state index in [1.165, 1.54) is 10.8 Å². The molecule has 1 saturated heterocycles. The summed E-state index contributed by atoms with van der Waals surface area (Å²) in [6, 6.07) is 3.21. The van der Waals surface area contributed by atoms with Crippen LogP contribution in [0.3, 0.4) is 0 Å². The molecular formula is C22H25N5O5. The van der Waals surface area contributed by atoms with Crippen LogP contribution >= 0.6 is 0 Å². The molecule has 0 aromatic carbocycles. The first kappa shape index (κ1) is 20.2. The highest BCUT2D eigenvalue weighted by Crippen LogP contribution is 2.40. The number of aromatic hydroxyl groups is 2. The average Bonchev–Trinajstić information content (AvgIpc) is 3.42. The lowest BCUT2D eigenvalue weighted by Crippen LogP contribution is -2.44. The van der Waals surface area contributed by atoms with E-state index >= 15 is 0 Å². The molecule has 0 bridgehead atoms. The van der Waals surface area contributed by atoms with Gasteiger partial charge in [0.15, 0.2) is 0 Å². The number of carbonyl (C=O) groups is 1. The molecule has 2 aliphatic rings. The minimum absolute atomic E-state index is 0.0124. The number of imidazole rings is 1. The Kier molecular flexibility index (Phi) is 5.34. The van der Waals surface area contributed by atoms with Gasteiger partial charge in [0.25, 0.3) is 0 Å². The van der Waals surface area contributed by atoms with Crippen LogP contribution in [0.25, 0.3) is 5.69 Å². The Morgan fingerprint density at radius 1 is 1.06 bits per heavy atom. The van der Waals surface area contributed by atoms with E-state index in [9.17, 15) is 15.0 Å². The standard InChI is InChI=1S/C22H25N5O5/c28-20-17-3-1-2-4-18(17)21(29)27(20)15-5-6-19(24-13-15)31-22(30)25-10-7-16(8-11-25)32-26-12-9-23-14-26/h5-6,9,12-14,16,28-29H,1-4,7-8,10-11H2. The topological polar surface area (TPSA) is 115 Å². The van der Waals surface area contributed by atoms with Crippen molar-refractivity contribution in [1.82, 2.24) is 24.2 Å². The van der Waals surface area contributed by atoms with Crippen molar-refractivity contribution in [3.63, 3.8) is 0 Å². The second-order valence-corrected chi connectivity index (χ2v) is 8.08. The number of amides is 1. The molecule has 0 saturated carbocycles. The number of piperidine rings is 1. The van der Waals surface area contributed by atoms with Crippen LogP contribution in [-0.4, -0.2) is 59.7 Å². The van der Waals surface area contributed by atoms with Gasteiger partial charge < -0.3 is 24.7 Å². The molecule has 32 heavy (non-hydrogen) atoms. The molecule has 0 radical (unpaired) electrons. The first-order valence-electron chi connectivity index (χ1n) is 10.8. The van der Waals surface area contributed by atoms with Crippen molar-refractivity contribution in [1.29, 1.82) is 0 Å². The quantitative estimate of drug-likeness (QED) is 0.642. The lowest BCUT2D eigenvalue weighted by molar-refractivity contribution is -0.000121. The molecule has 1 aliphatic carbocycles. The van der Waals surface area contributed by atoms with Crippen molar-refractivity contribution in [3.05, 3.63) is 48.2 Å². The molecule has 3 aromatic rings. The lowest BCUT2D eigenvalue weighted by Gasteiger charge is -2.30. The van der Waals surface area contributed by atoms with Crippen LogP contribution in [0, 0.1) is 0 Å². The molecule has 0 atom stereocenters. The zero-order valence-corrected chi connectivity index (χ0v) is 17.6. The predicted molar refractivity (Wildman–Crippen MR) is 113 cm³/mol. The Labute approximate surface area is 184 Å². The number of likely N-dealkylation sites (tertiary alicyclic amines) is 1. The SMILES string of the molecule is O=C(Oc1ccc(-n2c(O)c3c(c2O)CCCC3)cn1)N1CCC(On2ccnc2)CC1. The summed E-state index contributed by atoms with van der Waals surface area (Å²) in [6.45, 7) is 1.04. The first-order chi connectivity index (χ1) is 15.6. The number of pyridine rings is 1. The zero-order chi connectivity index (χ0) is 22.1. The molecule has 2 N–H and O–H groups in total. The highest BCUT2D eigenvalue weighted by molar-refractivity contribution is 5.70. The second-order valence-electron chi connectivity index (χ2n) is 8.08. The van der Waals surface area contributed by atoms with Gasteiger partial charge in [-0.15, -0.1) is 0 Å². The maximum absolute atomic E-state index is 12.5. The second kappa shape index (κ2) is 8.45. The summed E-state index contributed by atoms with van der Waals surface area (Å²) >= 11 is 0. The number of ether oxygens (including phenoxy) is 1. The molecule has 10 nitrogen and oxygen atoms in total. The number of carbonyl (C=O) groups excluding carboxylic acids is 1. The van der Waals surface area contributed by atoms with Crippen molar-refractivity contribution < 1.29 is 24.6 Å². The van der Waals surface area contributed by atoms with E-state index in [0.717, 1.165) is 36.8 Å². The van der Waals surface area contributed by atoms with Gasteiger partial charge in [0, 0.05) is 49.3 Å². The van der Waals surface area contributed by atoms with Crippen LogP contribution in [0.5, 0.6) is 17.6 Å². The van der Waals surface area contributed by atoms with E-state index in [-0.39, 0.29) is 23.7 Å². The summed E-state index contributed by atoms with van der Waals surface area (Å²) in [5.41, 5.74) is 2.10. The number of nitrogens with zero attached hydrogens (tertiary/aromatic N) is 5. The maximum atomic E-state index is 12.5. The van der Waals surface area contributed by atoms with Crippen molar-refractivity contribution in [2.45, 2.75) is 44.6 Å². The molecule has 4 heterocycles. The Balaban J connectivity index is 1.20. The summed E-state index contributed by atoms with van der Waals surface area (Å²) in [5, 5.41) is 21.1. The normalized spacial score (nSPS) is 16.6. The zero-order valence-electron chi connectivity index (χ0n) is 17.6. The van der Waals surface area contributed by atoms with Gasteiger partial charge in [-0.1, -0.05) is 0 Å². The molecule has 10 heteroatoms. The third kappa shape index (κ3) is 3.83. The van der Waals surface area contributed by atoms with Crippen LogP contribution in [0.4, 0.5) is 4.79 Å².